The summed E-state index contributed by atoms with van der Waals surface area (Å²) < 4.78 is 11.6. The van der Waals surface area contributed by atoms with Crippen LogP contribution in [0.25, 0.3) is 0 Å². The number of halogens is 1. The molecule has 2 aromatic rings. The van der Waals surface area contributed by atoms with Gasteiger partial charge in [0.2, 0.25) is 17.7 Å². The van der Waals surface area contributed by atoms with E-state index in [1.54, 1.807) is 38.3 Å². The average molecular weight is 572 g/mol. The van der Waals surface area contributed by atoms with Gasteiger partial charge in [-0.15, -0.1) is 0 Å². The second kappa shape index (κ2) is 10.1. The number of aliphatic hydroxyl groups is 1. The Morgan fingerprint density at radius 1 is 1.19 bits per heavy atom. The molecule has 1 spiro atoms. The quantitative estimate of drug-likeness (QED) is 0.418. The van der Waals surface area contributed by atoms with Crippen molar-refractivity contribution in [3.05, 3.63) is 60.2 Å². The highest BCUT2D eigenvalue weighted by Gasteiger charge is 2.76. The molecule has 0 aliphatic carbocycles. The predicted molar refractivity (Wildman–Crippen MR) is 139 cm³/mol. The van der Waals surface area contributed by atoms with Crippen LogP contribution in [0, 0.1) is 11.8 Å². The molecule has 3 heterocycles. The molecule has 2 aromatic carbocycles. The zero-order valence-corrected chi connectivity index (χ0v) is 22.2. The number of nitrogens with zero attached hydrogens (tertiary/aromatic N) is 1. The molecule has 37 heavy (non-hydrogen) atoms. The van der Waals surface area contributed by atoms with Crippen molar-refractivity contribution in [1.29, 1.82) is 0 Å². The number of amides is 3. The summed E-state index contributed by atoms with van der Waals surface area (Å²) in [6.07, 6.45) is -0.154. The van der Waals surface area contributed by atoms with Gasteiger partial charge in [0.05, 0.1) is 37.7 Å². The van der Waals surface area contributed by atoms with Gasteiger partial charge in [0, 0.05) is 17.1 Å². The third-order valence-corrected chi connectivity index (χ3v) is 8.53. The SMILES string of the molecule is COc1ccc(NC(=O)C2N([C@H](C)CO)C(=O)[C@@H]3[C@@H](C(=O)NCc4ccccc4)[C@@H]4OC23CC4Br)cc1. The summed E-state index contributed by atoms with van der Waals surface area (Å²) in [6.45, 7) is 1.68. The third kappa shape index (κ3) is 4.30. The second-order valence-electron chi connectivity index (χ2n) is 9.86. The van der Waals surface area contributed by atoms with Crippen molar-refractivity contribution in [3.8, 4) is 5.75 Å². The van der Waals surface area contributed by atoms with E-state index in [2.05, 4.69) is 26.6 Å². The molecule has 3 saturated heterocycles. The van der Waals surface area contributed by atoms with Crippen LogP contribution in [0.4, 0.5) is 5.69 Å². The van der Waals surface area contributed by atoms with Crippen molar-refractivity contribution in [2.45, 2.75) is 48.5 Å². The first kappa shape index (κ1) is 25.7. The second-order valence-corrected chi connectivity index (χ2v) is 11.0. The van der Waals surface area contributed by atoms with E-state index in [1.165, 1.54) is 4.90 Å². The Balaban J connectivity index is 1.45. The maximum absolute atomic E-state index is 13.9. The molecule has 3 fully saturated rings. The highest BCUT2D eigenvalue weighted by Crippen LogP contribution is 2.60. The summed E-state index contributed by atoms with van der Waals surface area (Å²) in [7, 11) is 1.56. The molecule has 3 aliphatic heterocycles. The molecule has 0 radical (unpaired) electrons. The Labute approximate surface area is 223 Å². The highest BCUT2D eigenvalue weighted by molar-refractivity contribution is 9.09. The van der Waals surface area contributed by atoms with Crippen molar-refractivity contribution in [2.24, 2.45) is 11.8 Å². The van der Waals surface area contributed by atoms with Gasteiger partial charge in [0.25, 0.3) is 0 Å². The minimum Gasteiger partial charge on any atom is -0.497 e. The molecule has 10 heteroatoms. The van der Waals surface area contributed by atoms with E-state index in [1.807, 2.05) is 30.3 Å². The number of fused-ring (bicyclic) bond motifs is 1. The summed E-state index contributed by atoms with van der Waals surface area (Å²) in [5, 5.41) is 15.8. The van der Waals surface area contributed by atoms with Crippen LogP contribution >= 0.6 is 15.9 Å². The van der Waals surface area contributed by atoms with Crippen LogP contribution in [0.5, 0.6) is 5.75 Å². The van der Waals surface area contributed by atoms with Crippen molar-refractivity contribution in [3.63, 3.8) is 0 Å². The standard InChI is InChI=1S/C27H30BrN3O6/c1-15(14-32)31-23(25(34)30-17-8-10-18(36-2)11-9-17)27-12-19(28)22(37-27)20(21(27)26(31)35)24(33)29-13-16-6-4-3-5-7-16/h3-11,15,19-23,32H,12-14H2,1-2H3,(H,29,33)(H,30,34)/t15-,19?,20-,21+,22-,23?,27?/m1/s1. The number of rotatable bonds is 8. The first-order valence-electron chi connectivity index (χ1n) is 12.3. The van der Waals surface area contributed by atoms with Crippen LogP contribution in [0.15, 0.2) is 54.6 Å². The molecule has 0 saturated carbocycles. The van der Waals surface area contributed by atoms with Crippen molar-refractivity contribution in [2.75, 3.05) is 19.0 Å². The van der Waals surface area contributed by atoms with Gasteiger partial charge in [-0.05, 0) is 43.2 Å². The zero-order chi connectivity index (χ0) is 26.3. The summed E-state index contributed by atoms with van der Waals surface area (Å²) in [4.78, 5) is 42.3. The lowest BCUT2D eigenvalue weighted by Crippen LogP contribution is -2.56. The van der Waals surface area contributed by atoms with E-state index in [0.29, 0.717) is 24.4 Å². The fourth-order valence-electron chi connectivity index (χ4n) is 6.02. The molecule has 2 bridgehead atoms. The van der Waals surface area contributed by atoms with Crippen LogP contribution in [0.1, 0.15) is 18.9 Å². The van der Waals surface area contributed by atoms with Crippen molar-refractivity contribution in [1.82, 2.24) is 10.2 Å². The number of carbonyl (C=O) groups is 3. The Hall–Kier alpha value is -2.95. The molecule has 7 atom stereocenters. The van der Waals surface area contributed by atoms with E-state index in [0.717, 1.165) is 5.56 Å². The monoisotopic (exact) mass is 571 g/mol. The van der Waals surface area contributed by atoms with E-state index < -0.39 is 41.5 Å². The maximum Gasteiger partial charge on any atom is 0.250 e. The number of methoxy groups -OCH3 is 1. The van der Waals surface area contributed by atoms with Crippen LogP contribution < -0.4 is 15.4 Å². The number of likely N-dealkylation sites (tertiary alicyclic amines) is 1. The van der Waals surface area contributed by atoms with Crippen LogP contribution in [0.3, 0.4) is 0 Å². The lowest BCUT2D eigenvalue weighted by atomic mass is 9.70. The molecule has 196 valence electrons. The topological polar surface area (TPSA) is 117 Å². The molecule has 0 aromatic heterocycles. The normalized spacial score (nSPS) is 30.6. The van der Waals surface area contributed by atoms with E-state index in [4.69, 9.17) is 9.47 Å². The number of ether oxygens (including phenoxy) is 2. The van der Waals surface area contributed by atoms with Crippen molar-refractivity contribution < 1.29 is 29.0 Å². The lowest BCUT2D eigenvalue weighted by Gasteiger charge is -2.35. The van der Waals surface area contributed by atoms with Gasteiger partial charge >= 0.3 is 0 Å². The van der Waals surface area contributed by atoms with Gasteiger partial charge in [0.15, 0.2) is 0 Å². The first-order chi connectivity index (χ1) is 17.8. The number of carbonyl (C=O) groups excluding carboxylic acids is 3. The molecular weight excluding hydrogens is 542 g/mol. The number of hydrogen-bond donors (Lipinski definition) is 3. The molecule has 3 unspecified atom stereocenters. The minimum absolute atomic E-state index is 0.204. The molecular formula is C27H30BrN3O6. The fourth-order valence-corrected chi connectivity index (χ4v) is 6.96. The highest BCUT2D eigenvalue weighted by atomic mass is 79.9. The van der Waals surface area contributed by atoms with E-state index >= 15 is 0 Å². The van der Waals surface area contributed by atoms with Crippen LogP contribution in [0.2, 0.25) is 0 Å². The van der Waals surface area contributed by atoms with E-state index in [-0.39, 0.29) is 23.2 Å². The van der Waals surface area contributed by atoms with Gasteiger partial charge in [-0.2, -0.15) is 0 Å². The minimum atomic E-state index is -1.19. The Morgan fingerprint density at radius 2 is 1.89 bits per heavy atom. The predicted octanol–water partition coefficient (Wildman–Crippen LogP) is 2.08. The van der Waals surface area contributed by atoms with Gasteiger partial charge in [-0.25, -0.2) is 0 Å². The van der Waals surface area contributed by atoms with Gasteiger partial charge in [0.1, 0.15) is 17.4 Å². The summed E-state index contributed by atoms with van der Waals surface area (Å²) >= 11 is 3.65. The third-order valence-electron chi connectivity index (χ3n) is 7.68. The largest absolute Gasteiger partial charge is 0.497 e. The molecule has 3 amide bonds. The number of benzene rings is 2. The van der Waals surface area contributed by atoms with Crippen LogP contribution in [-0.4, -0.2) is 70.1 Å². The average Bonchev–Trinajstić information content (AvgIpc) is 3.51. The summed E-state index contributed by atoms with van der Waals surface area (Å²) in [5.74, 6) is -2.01. The molecule has 3 aliphatic rings. The van der Waals surface area contributed by atoms with Gasteiger partial charge < -0.3 is 30.1 Å². The molecule has 5 rings (SSSR count). The fraction of sp³-hybridized carbons (Fsp3) is 0.444. The number of anilines is 1. The first-order valence-corrected chi connectivity index (χ1v) is 13.2. The smallest absolute Gasteiger partial charge is 0.250 e. The van der Waals surface area contributed by atoms with Gasteiger partial charge in [-0.1, -0.05) is 46.3 Å². The lowest BCUT2D eigenvalue weighted by molar-refractivity contribution is -0.143. The van der Waals surface area contributed by atoms with Gasteiger partial charge in [-0.3, -0.25) is 14.4 Å². The maximum atomic E-state index is 13.9. The summed E-state index contributed by atoms with van der Waals surface area (Å²) in [6, 6.07) is 14.8. The number of aliphatic hydroxyl groups excluding tert-OH is 1. The number of alkyl halides is 1. The molecule has 3 N–H and O–H groups in total. The Morgan fingerprint density at radius 3 is 2.54 bits per heavy atom. The summed E-state index contributed by atoms with van der Waals surface area (Å²) in [5.41, 5.74) is 0.287. The van der Waals surface area contributed by atoms with E-state index in [9.17, 15) is 19.5 Å². The number of nitrogens with one attached hydrogen (secondary N) is 2. The number of hydrogen-bond acceptors (Lipinski definition) is 6. The molecule has 9 nitrogen and oxygen atoms in total. The zero-order valence-electron chi connectivity index (χ0n) is 20.6. The Kier molecular flexibility index (Phi) is 6.99. The van der Waals surface area contributed by atoms with Crippen LogP contribution in [-0.2, 0) is 25.7 Å². The Bertz CT molecular complexity index is 1180. The van der Waals surface area contributed by atoms with Crippen molar-refractivity contribution >= 4 is 39.3 Å².